The summed E-state index contributed by atoms with van der Waals surface area (Å²) in [6, 6.07) is 7.99. The van der Waals surface area contributed by atoms with E-state index in [4.69, 9.17) is 11.6 Å². The highest BCUT2D eigenvalue weighted by molar-refractivity contribution is 6.33. The Hall–Kier alpha value is -1.81. The van der Waals surface area contributed by atoms with Crippen molar-refractivity contribution in [3.8, 4) is 0 Å². The van der Waals surface area contributed by atoms with Crippen LogP contribution in [0, 0.1) is 0 Å². The fourth-order valence-electron chi connectivity index (χ4n) is 2.34. The van der Waals surface area contributed by atoms with Crippen LogP contribution in [0.1, 0.15) is 0 Å². The minimum Gasteiger partial charge on any atom is -0.367 e. The van der Waals surface area contributed by atoms with Crippen molar-refractivity contribution in [2.24, 2.45) is 0 Å². The minimum atomic E-state index is 0.815. The van der Waals surface area contributed by atoms with Crippen molar-refractivity contribution in [2.75, 3.05) is 36.0 Å². The molecule has 1 aliphatic rings. The molecule has 0 bridgehead atoms. The molecule has 1 aromatic carbocycles. The summed E-state index contributed by atoms with van der Waals surface area (Å²) < 4.78 is 0. The summed E-state index contributed by atoms with van der Waals surface area (Å²) in [5, 5.41) is 0.815. The summed E-state index contributed by atoms with van der Waals surface area (Å²) in [5.74, 6) is 0.946. The van der Waals surface area contributed by atoms with Crippen molar-refractivity contribution >= 4 is 23.1 Å². The first-order chi connectivity index (χ1) is 9.34. The van der Waals surface area contributed by atoms with Crippen molar-refractivity contribution < 1.29 is 0 Å². The molecule has 0 spiro atoms. The van der Waals surface area contributed by atoms with Crippen LogP contribution in [0.25, 0.3) is 0 Å². The van der Waals surface area contributed by atoms with Crippen LogP contribution in [-0.4, -0.2) is 36.1 Å². The zero-order valence-electron chi connectivity index (χ0n) is 10.5. The quantitative estimate of drug-likeness (QED) is 0.842. The van der Waals surface area contributed by atoms with E-state index in [0.717, 1.165) is 42.7 Å². The van der Waals surface area contributed by atoms with Gasteiger partial charge in [-0.15, -0.1) is 0 Å². The third-order valence-electron chi connectivity index (χ3n) is 3.35. The fourth-order valence-corrected chi connectivity index (χ4v) is 2.59. The van der Waals surface area contributed by atoms with Gasteiger partial charge in [-0.3, -0.25) is 4.98 Å². The number of piperazine rings is 1. The molecule has 2 aromatic rings. The topological polar surface area (TPSA) is 32.3 Å². The lowest BCUT2D eigenvalue weighted by Crippen LogP contribution is -2.47. The van der Waals surface area contributed by atoms with Crippen molar-refractivity contribution in [1.29, 1.82) is 0 Å². The summed E-state index contributed by atoms with van der Waals surface area (Å²) in [6.07, 6.45) is 5.24. The SMILES string of the molecule is Clc1ccccc1N1CCN(c2cnccn2)CC1. The summed E-state index contributed by atoms with van der Waals surface area (Å²) in [5.41, 5.74) is 1.11. The van der Waals surface area contributed by atoms with E-state index in [1.54, 1.807) is 12.4 Å². The minimum absolute atomic E-state index is 0.815. The fraction of sp³-hybridized carbons (Fsp3) is 0.286. The largest absolute Gasteiger partial charge is 0.367 e. The van der Waals surface area contributed by atoms with Gasteiger partial charge in [0.15, 0.2) is 0 Å². The Morgan fingerprint density at radius 1 is 0.947 bits per heavy atom. The predicted octanol–water partition coefficient (Wildman–Crippen LogP) is 2.46. The molecule has 5 heteroatoms. The van der Waals surface area contributed by atoms with Gasteiger partial charge in [-0.2, -0.15) is 0 Å². The molecule has 0 radical (unpaired) electrons. The number of hydrogen-bond acceptors (Lipinski definition) is 4. The lowest BCUT2D eigenvalue weighted by molar-refractivity contribution is 0.646. The first-order valence-electron chi connectivity index (χ1n) is 6.35. The number of benzene rings is 1. The van der Waals surface area contributed by atoms with Crippen LogP contribution >= 0.6 is 11.6 Å². The second kappa shape index (κ2) is 5.45. The molecule has 1 saturated heterocycles. The van der Waals surface area contributed by atoms with Gasteiger partial charge in [0.05, 0.1) is 16.9 Å². The van der Waals surface area contributed by atoms with E-state index in [-0.39, 0.29) is 0 Å². The van der Waals surface area contributed by atoms with Gasteiger partial charge < -0.3 is 9.80 Å². The number of nitrogens with zero attached hydrogens (tertiary/aromatic N) is 4. The second-order valence-corrected chi connectivity index (χ2v) is 4.90. The van der Waals surface area contributed by atoms with E-state index in [1.165, 1.54) is 0 Å². The van der Waals surface area contributed by atoms with Crippen molar-refractivity contribution in [1.82, 2.24) is 9.97 Å². The average molecular weight is 275 g/mol. The molecular formula is C14H15ClN4. The highest BCUT2D eigenvalue weighted by atomic mass is 35.5. The Bertz CT molecular complexity index is 538. The first kappa shape index (κ1) is 12.2. The number of halogens is 1. The number of rotatable bonds is 2. The maximum absolute atomic E-state index is 6.23. The molecule has 1 fully saturated rings. The van der Waals surface area contributed by atoms with Gasteiger partial charge in [0.1, 0.15) is 5.82 Å². The molecule has 0 aliphatic carbocycles. The van der Waals surface area contributed by atoms with E-state index in [0.29, 0.717) is 0 Å². The molecule has 3 rings (SSSR count). The maximum atomic E-state index is 6.23. The highest BCUT2D eigenvalue weighted by Crippen LogP contribution is 2.26. The number of anilines is 2. The average Bonchev–Trinajstić information content (AvgIpc) is 2.49. The van der Waals surface area contributed by atoms with Crippen molar-refractivity contribution in [3.05, 3.63) is 47.9 Å². The summed E-state index contributed by atoms with van der Waals surface area (Å²) in [7, 11) is 0. The maximum Gasteiger partial charge on any atom is 0.147 e. The summed E-state index contributed by atoms with van der Waals surface area (Å²) in [6.45, 7) is 3.76. The summed E-state index contributed by atoms with van der Waals surface area (Å²) in [4.78, 5) is 13.0. The van der Waals surface area contributed by atoms with E-state index < -0.39 is 0 Å². The van der Waals surface area contributed by atoms with Crippen LogP contribution in [0.3, 0.4) is 0 Å². The molecule has 0 saturated carbocycles. The number of para-hydroxylation sites is 1. The van der Waals surface area contributed by atoms with Gasteiger partial charge >= 0.3 is 0 Å². The molecule has 98 valence electrons. The Kier molecular flexibility index (Phi) is 3.51. The van der Waals surface area contributed by atoms with E-state index in [1.807, 2.05) is 24.4 Å². The van der Waals surface area contributed by atoms with E-state index in [9.17, 15) is 0 Å². The molecule has 0 atom stereocenters. The molecule has 0 N–H and O–H groups in total. The third kappa shape index (κ3) is 2.63. The molecule has 1 aliphatic heterocycles. The monoisotopic (exact) mass is 274 g/mol. The first-order valence-corrected chi connectivity index (χ1v) is 6.73. The Morgan fingerprint density at radius 2 is 1.68 bits per heavy atom. The predicted molar refractivity (Wildman–Crippen MR) is 77.9 cm³/mol. The van der Waals surface area contributed by atoms with E-state index in [2.05, 4.69) is 25.8 Å². The molecule has 2 heterocycles. The van der Waals surface area contributed by atoms with E-state index >= 15 is 0 Å². The zero-order chi connectivity index (χ0) is 13.1. The van der Waals surface area contributed by atoms with Gasteiger partial charge in [0.2, 0.25) is 0 Å². The summed E-state index contributed by atoms with van der Waals surface area (Å²) >= 11 is 6.23. The lowest BCUT2D eigenvalue weighted by atomic mass is 10.2. The van der Waals surface area contributed by atoms with Gasteiger partial charge in [0, 0.05) is 38.6 Å². The van der Waals surface area contributed by atoms with Gasteiger partial charge in [0.25, 0.3) is 0 Å². The Labute approximate surface area is 117 Å². The zero-order valence-corrected chi connectivity index (χ0v) is 11.3. The molecule has 4 nitrogen and oxygen atoms in total. The number of hydrogen-bond donors (Lipinski definition) is 0. The van der Waals surface area contributed by atoms with Gasteiger partial charge in [-0.05, 0) is 12.1 Å². The Balaban J connectivity index is 1.69. The molecular weight excluding hydrogens is 260 g/mol. The van der Waals surface area contributed by atoms with Crippen LogP contribution in [0.4, 0.5) is 11.5 Å². The van der Waals surface area contributed by atoms with Crippen LogP contribution in [-0.2, 0) is 0 Å². The lowest BCUT2D eigenvalue weighted by Gasteiger charge is -2.36. The third-order valence-corrected chi connectivity index (χ3v) is 3.67. The molecule has 0 amide bonds. The highest BCUT2D eigenvalue weighted by Gasteiger charge is 2.19. The van der Waals surface area contributed by atoms with Crippen LogP contribution in [0.15, 0.2) is 42.9 Å². The smallest absolute Gasteiger partial charge is 0.147 e. The molecule has 1 aromatic heterocycles. The van der Waals surface area contributed by atoms with Gasteiger partial charge in [-0.25, -0.2) is 4.98 Å². The Morgan fingerprint density at radius 3 is 2.37 bits per heavy atom. The second-order valence-electron chi connectivity index (χ2n) is 4.49. The van der Waals surface area contributed by atoms with Crippen molar-refractivity contribution in [2.45, 2.75) is 0 Å². The standard InChI is InChI=1S/C14H15ClN4/c15-12-3-1-2-4-13(12)18-7-9-19(10-8-18)14-11-16-5-6-17-14/h1-6,11H,7-10H2. The van der Waals surface area contributed by atoms with Crippen LogP contribution in [0.2, 0.25) is 5.02 Å². The van der Waals surface area contributed by atoms with Crippen LogP contribution < -0.4 is 9.80 Å². The van der Waals surface area contributed by atoms with Gasteiger partial charge in [-0.1, -0.05) is 23.7 Å². The number of aromatic nitrogens is 2. The normalized spacial score (nSPS) is 15.6. The van der Waals surface area contributed by atoms with Crippen LogP contribution in [0.5, 0.6) is 0 Å². The molecule has 0 unspecified atom stereocenters. The molecule has 19 heavy (non-hydrogen) atoms. The van der Waals surface area contributed by atoms with Crippen molar-refractivity contribution in [3.63, 3.8) is 0 Å².